The van der Waals surface area contributed by atoms with Crippen molar-refractivity contribution in [2.45, 2.75) is 52.0 Å². The SMILES string of the molecule is C/C=C/CCc1ccc2c(c1F)Oc1c(cc(-c3ccc([C@@H](N)CCC)cc3)c(F)c1F)C2. The fraction of sp³-hybridized carbons (Fsp3) is 0.286. The van der Waals surface area contributed by atoms with Crippen LogP contribution in [0.1, 0.15) is 61.4 Å². The van der Waals surface area contributed by atoms with Crippen LogP contribution in [0.25, 0.3) is 11.1 Å². The maximum Gasteiger partial charge on any atom is 0.202 e. The first-order chi connectivity index (χ1) is 15.9. The van der Waals surface area contributed by atoms with Crippen LogP contribution in [0.3, 0.4) is 0 Å². The van der Waals surface area contributed by atoms with E-state index in [-0.39, 0.29) is 29.5 Å². The van der Waals surface area contributed by atoms with Gasteiger partial charge in [-0.2, -0.15) is 4.39 Å². The van der Waals surface area contributed by atoms with E-state index in [4.69, 9.17) is 10.5 Å². The Hall–Kier alpha value is -3.05. The van der Waals surface area contributed by atoms with Gasteiger partial charge in [0.25, 0.3) is 0 Å². The minimum atomic E-state index is -1.10. The largest absolute Gasteiger partial charge is 0.450 e. The second-order valence-electron chi connectivity index (χ2n) is 8.47. The van der Waals surface area contributed by atoms with E-state index in [9.17, 15) is 0 Å². The number of ether oxygens (including phenoxy) is 1. The summed E-state index contributed by atoms with van der Waals surface area (Å²) in [7, 11) is 0. The van der Waals surface area contributed by atoms with Crippen molar-refractivity contribution in [2.75, 3.05) is 0 Å². The highest BCUT2D eigenvalue weighted by Crippen LogP contribution is 2.43. The summed E-state index contributed by atoms with van der Waals surface area (Å²) >= 11 is 0. The molecule has 2 nitrogen and oxygen atoms in total. The first-order valence-electron chi connectivity index (χ1n) is 11.4. The van der Waals surface area contributed by atoms with Gasteiger partial charge in [-0.25, -0.2) is 8.78 Å². The average molecular weight is 452 g/mol. The number of rotatable bonds is 7. The van der Waals surface area contributed by atoms with E-state index >= 15 is 13.2 Å². The van der Waals surface area contributed by atoms with Crippen molar-refractivity contribution < 1.29 is 17.9 Å². The summed E-state index contributed by atoms with van der Waals surface area (Å²) in [5.74, 6) is -2.87. The lowest BCUT2D eigenvalue weighted by molar-refractivity contribution is 0.380. The van der Waals surface area contributed by atoms with E-state index in [1.807, 2.05) is 31.2 Å². The van der Waals surface area contributed by atoms with Gasteiger partial charge < -0.3 is 10.5 Å². The van der Waals surface area contributed by atoms with Crippen molar-refractivity contribution in [1.29, 1.82) is 0 Å². The zero-order valence-electron chi connectivity index (χ0n) is 18.9. The van der Waals surface area contributed by atoms with Gasteiger partial charge in [-0.15, -0.1) is 0 Å². The van der Waals surface area contributed by atoms with Crippen LogP contribution in [0.5, 0.6) is 11.5 Å². The molecule has 5 heteroatoms. The van der Waals surface area contributed by atoms with Gasteiger partial charge in [0, 0.05) is 29.2 Å². The Labute approximate surface area is 192 Å². The summed E-state index contributed by atoms with van der Waals surface area (Å²) in [6, 6.07) is 12.3. The molecular formula is C28H28F3NO. The molecule has 0 saturated heterocycles. The number of fused-ring (bicyclic) bond motifs is 2. The van der Waals surface area contributed by atoms with Crippen molar-refractivity contribution in [3.8, 4) is 22.6 Å². The monoisotopic (exact) mass is 451 g/mol. The molecule has 0 spiro atoms. The van der Waals surface area contributed by atoms with Gasteiger partial charge in [0.1, 0.15) is 0 Å². The fourth-order valence-electron chi connectivity index (χ4n) is 4.29. The van der Waals surface area contributed by atoms with E-state index in [2.05, 4.69) is 6.92 Å². The molecule has 0 amide bonds. The highest BCUT2D eigenvalue weighted by Gasteiger charge is 2.28. The molecule has 172 valence electrons. The Balaban J connectivity index is 1.66. The third-order valence-electron chi connectivity index (χ3n) is 6.15. The summed E-state index contributed by atoms with van der Waals surface area (Å²) in [5, 5.41) is 0. The van der Waals surface area contributed by atoms with E-state index < -0.39 is 17.5 Å². The molecule has 0 fully saturated rings. The van der Waals surface area contributed by atoms with Gasteiger partial charge in [0.05, 0.1) is 0 Å². The smallest absolute Gasteiger partial charge is 0.202 e. The van der Waals surface area contributed by atoms with E-state index in [1.165, 1.54) is 0 Å². The zero-order chi connectivity index (χ0) is 23.5. The second-order valence-corrected chi connectivity index (χ2v) is 8.47. The summed E-state index contributed by atoms with van der Waals surface area (Å²) in [5.41, 5.74) is 9.42. The molecule has 2 N–H and O–H groups in total. The number of hydrogen-bond donors (Lipinski definition) is 1. The van der Waals surface area contributed by atoms with Crippen LogP contribution in [-0.4, -0.2) is 0 Å². The molecule has 4 rings (SSSR count). The van der Waals surface area contributed by atoms with Crippen molar-refractivity contribution in [1.82, 2.24) is 0 Å². The molecule has 0 aliphatic carbocycles. The Morgan fingerprint density at radius 2 is 1.70 bits per heavy atom. The molecule has 3 aromatic carbocycles. The summed E-state index contributed by atoms with van der Waals surface area (Å²) in [6.07, 6.45) is 7.14. The number of nitrogens with two attached hydrogens (primary N) is 1. The second kappa shape index (κ2) is 9.84. The topological polar surface area (TPSA) is 35.2 Å². The molecular weight excluding hydrogens is 423 g/mol. The van der Waals surface area contributed by atoms with Gasteiger partial charge in [-0.3, -0.25) is 0 Å². The number of allylic oxidation sites excluding steroid dienone is 2. The molecule has 33 heavy (non-hydrogen) atoms. The lowest BCUT2D eigenvalue weighted by atomic mass is 9.93. The van der Waals surface area contributed by atoms with Crippen molar-refractivity contribution in [3.63, 3.8) is 0 Å². The van der Waals surface area contributed by atoms with E-state index in [0.717, 1.165) is 18.4 Å². The molecule has 1 heterocycles. The number of hydrogen-bond acceptors (Lipinski definition) is 2. The van der Waals surface area contributed by atoms with Crippen molar-refractivity contribution in [3.05, 3.63) is 94.3 Å². The fourth-order valence-corrected chi connectivity index (χ4v) is 4.29. The third-order valence-corrected chi connectivity index (χ3v) is 6.15. The Kier molecular flexibility index (Phi) is 6.89. The predicted molar refractivity (Wildman–Crippen MR) is 126 cm³/mol. The summed E-state index contributed by atoms with van der Waals surface area (Å²) < 4.78 is 50.7. The highest BCUT2D eigenvalue weighted by atomic mass is 19.2. The molecule has 0 bridgehead atoms. The quantitative estimate of drug-likeness (QED) is 0.291. The molecule has 1 aliphatic rings. The van der Waals surface area contributed by atoms with Gasteiger partial charge >= 0.3 is 0 Å². The van der Waals surface area contributed by atoms with Crippen LogP contribution in [0.2, 0.25) is 0 Å². The van der Waals surface area contributed by atoms with Crippen LogP contribution in [0.4, 0.5) is 13.2 Å². The minimum Gasteiger partial charge on any atom is -0.450 e. The van der Waals surface area contributed by atoms with Gasteiger partial charge in [0.15, 0.2) is 23.1 Å². The number of halogens is 3. The summed E-state index contributed by atoms with van der Waals surface area (Å²) in [6.45, 7) is 3.97. The highest BCUT2D eigenvalue weighted by molar-refractivity contribution is 5.69. The normalized spacial score (nSPS) is 13.5. The standard InChI is InChI=1S/C28H28F3NO/c1-3-5-6-8-19-13-14-20-15-21-16-22(17-9-11-18(12-10-17)23(32)7-4-2)25(30)26(31)28(21)33-27(20)24(19)29/h3,5,9-14,16,23H,4,6-8,15,32H2,1-2H3/b5-3+/t23-/m0/s1. The maximum absolute atomic E-state index is 15.1. The minimum absolute atomic E-state index is 0.0132. The molecule has 3 aromatic rings. The predicted octanol–water partition coefficient (Wildman–Crippen LogP) is 7.78. The Morgan fingerprint density at radius 1 is 0.970 bits per heavy atom. The van der Waals surface area contributed by atoms with Crippen LogP contribution in [0, 0.1) is 17.5 Å². The first-order valence-corrected chi connectivity index (χ1v) is 11.4. The number of benzene rings is 3. The zero-order valence-corrected chi connectivity index (χ0v) is 18.9. The van der Waals surface area contributed by atoms with E-state index in [0.29, 0.717) is 35.1 Å². The van der Waals surface area contributed by atoms with Crippen molar-refractivity contribution in [2.24, 2.45) is 5.73 Å². The van der Waals surface area contributed by atoms with Gasteiger partial charge in [-0.1, -0.05) is 61.9 Å². The van der Waals surface area contributed by atoms with Crippen molar-refractivity contribution >= 4 is 0 Å². The average Bonchev–Trinajstić information content (AvgIpc) is 2.82. The van der Waals surface area contributed by atoms with Gasteiger partial charge in [0.2, 0.25) is 5.82 Å². The summed E-state index contributed by atoms with van der Waals surface area (Å²) in [4.78, 5) is 0. The molecule has 1 atom stereocenters. The van der Waals surface area contributed by atoms with E-state index in [1.54, 1.807) is 30.3 Å². The maximum atomic E-state index is 15.1. The Bertz CT molecular complexity index is 1180. The van der Waals surface area contributed by atoms with Gasteiger partial charge in [-0.05, 0) is 48.9 Å². The lowest BCUT2D eigenvalue weighted by Gasteiger charge is -2.23. The Morgan fingerprint density at radius 3 is 2.39 bits per heavy atom. The van der Waals surface area contributed by atoms with Crippen LogP contribution < -0.4 is 10.5 Å². The molecule has 0 saturated carbocycles. The third kappa shape index (κ3) is 4.55. The lowest BCUT2D eigenvalue weighted by Crippen LogP contribution is -2.10. The number of aryl methyl sites for hydroxylation is 1. The molecule has 0 unspecified atom stereocenters. The first kappa shape index (κ1) is 23.1. The van der Waals surface area contributed by atoms with Crippen LogP contribution in [0.15, 0.2) is 54.6 Å². The molecule has 1 aliphatic heterocycles. The molecule has 0 radical (unpaired) electrons. The molecule has 0 aromatic heterocycles. The van der Waals surface area contributed by atoms with Crippen LogP contribution in [-0.2, 0) is 12.8 Å². The van der Waals surface area contributed by atoms with Crippen LogP contribution >= 0.6 is 0 Å².